The second-order valence-electron chi connectivity index (χ2n) is 3.33. The maximum Gasteiger partial charge on any atom is 0.220 e. The largest absolute Gasteiger partial charge is 0.355 e. The molecule has 11 heavy (non-hydrogen) atoms. The fourth-order valence-corrected chi connectivity index (χ4v) is 1.46. The third kappa shape index (κ3) is 1.71. The Bertz CT molecular complexity index is 140. The highest BCUT2D eigenvalue weighted by Crippen LogP contribution is 2.28. The molecule has 1 aliphatic heterocycles. The Kier molecular flexibility index (Phi) is 2.49. The normalized spacial score (nSPS) is 31.6. The van der Waals surface area contributed by atoms with Crippen molar-refractivity contribution in [2.75, 3.05) is 13.1 Å². The zero-order valence-corrected chi connectivity index (χ0v) is 7.02. The summed E-state index contributed by atoms with van der Waals surface area (Å²) < 4.78 is 0. The van der Waals surface area contributed by atoms with Gasteiger partial charge in [-0.15, -0.1) is 0 Å². The van der Waals surface area contributed by atoms with Crippen LogP contribution in [0, 0.1) is 5.41 Å². The van der Waals surface area contributed by atoms with Crippen LogP contribution in [0.15, 0.2) is 0 Å². The predicted octanol–water partition coefficient (Wildman–Crippen LogP) is 0.251. The molecule has 1 aliphatic rings. The summed E-state index contributed by atoms with van der Waals surface area (Å²) in [7, 11) is 0. The van der Waals surface area contributed by atoms with Crippen LogP contribution in [0.3, 0.4) is 0 Å². The maximum absolute atomic E-state index is 10.8. The van der Waals surface area contributed by atoms with Gasteiger partial charge in [-0.05, 0) is 19.4 Å². The first-order valence-corrected chi connectivity index (χ1v) is 4.19. The lowest BCUT2D eigenvalue weighted by Crippen LogP contribution is -2.46. The van der Waals surface area contributed by atoms with E-state index < -0.39 is 0 Å². The van der Waals surface area contributed by atoms with E-state index in [0.29, 0.717) is 13.0 Å². The molecule has 1 rings (SSSR count). The van der Waals surface area contributed by atoms with E-state index in [1.54, 1.807) is 0 Å². The van der Waals surface area contributed by atoms with Crippen molar-refractivity contribution in [3.05, 3.63) is 0 Å². The van der Waals surface area contributed by atoms with Gasteiger partial charge in [0.2, 0.25) is 5.91 Å². The summed E-state index contributed by atoms with van der Waals surface area (Å²) in [4.78, 5) is 10.8. The molecule has 0 aliphatic carbocycles. The third-order valence-electron chi connectivity index (χ3n) is 2.73. The van der Waals surface area contributed by atoms with Crippen molar-refractivity contribution in [3.63, 3.8) is 0 Å². The van der Waals surface area contributed by atoms with E-state index in [0.717, 1.165) is 19.4 Å². The number of carbonyl (C=O) groups excluding carboxylic acids is 1. The summed E-state index contributed by atoms with van der Waals surface area (Å²) in [6.45, 7) is 3.58. The van der Waals surface area contributed by atoms with E-state index >= 15 is 0 Å². The lowest BCUT2D eigenvalue weighted by Gasteiger charge is -2.35. The zero-order valence-electron chi connectivity index (χ0n) is 7.02. The lowest BCUT2D eigenvalue weighted by atomic mass is 9.78. The van der Waals surface area contributed by atoms with E-state index in [1.807, 2.05) is 0 Å². The molecule has 1 heterocycles. The van der Waals surface area contributed by atoms with E-state index in [1.165, 1.54) is 0 Å². The van der Waals surface area contributed by atoms with Gasteiger partial charge in [-0.3, -0.25) is 4.79 Å². The van der Waals surface area contributed by atoms with Gasteiger partial charge in [0.25, 0.3) is 0 Å². The number of carbonyl (C=O) groups is 1. The molecule has 0 spiro atoms. The zero-order chi connectivity index (χ0) is 8.32. The Balaban J connectivity index is 2.52. The molecule has 1 fully saturated rings. The molecule has 3 N–H and O–H groups in total. The van der Waals surface area contributed by atoms with Crippen molar-refractivity contribution in [1.82, 2.24) is 5.32 Å². The van der Waals surface area contributed by atoms with Crippen LogP contribution in [0.1, 0.15) is 26.2 Å². The van der Waals surface area contributed by atoms with Crippen molar-refractivity contribution in [3.8, 4) is 0 Å². The van der Waals surface area contributed by atoms with Crippen LogP contribution >= 0.6 is 0 Å². The van der Waals surface area contributed by atoms with Crippen LogP contribution in [0.4, 0.5) is 0 Å². The van der Waals surface area contributed by atoms with Gasteiger partial charge in [-0.2, -0.15) is 0 Å². The second kappa shape index (κ2) is 3.22. The minimum atomic E-state index is 0.169. The summed E-state index contributed by atoms with van der Waals surface area (Å²) in [5.41, 5.74) is 5.83. The van der Waals surface area contributed by atoms with Crippen molar-refractivity contribution >= 4 is 5.91 Å². The molecule has 0 aromatic carbocycles. The number of piperidine rings is 1. The maximum atomic E-state index is 10.8. The fraction of sp³-hybridized carbons (Fsp3) is 0.875. The predicted molar refractivity (Wildman–Crippen MR) is 44.0 cm³/mol. The summed E-state index contributed by atoms with van der Waals surface area (Å²) in [5, 5.41) is 2.86. The smallest absolute Gasteiger partial charge is 0.220 e. The first kappa shape index (κ1) is 8.53. The second-order valence-corrected chi connectivity index (χ2v) is 3.33. The highest BCUT2D eigenvalue weighted by molar-refractivity contribution is 5.76. The van der Waals surface area contributed by atoms with Crippen LogP contribution in [0.2, 0.25) is 0 Å². The van der Waals surface area contributed by atoms with Crippen LogP contribution in [-0.4, -0.2) is 19.0 Å². The average Bonchev–Trinajstić information content (AvgIpc) is 2.07. The summed E-state index contributed by atoms with van der Waals surface area (Å²) in [6.07, 6.45) is 2.65. The molecule has 0 aromatic rings. The number of amides is 1. The molecule has 0 bridgehead atoms. The SMILES string of the molecule is CCC1(CN)CCC(=O)NC1. The minimum Gasteiger partial charge on any atom is -0.355 e. The number of nitrogens with one attached hydrogen (secondary N) is 1. The molecular weight excluding hydrogens is 140 g/mol. The lowest BCUT2D eigenvalue weighted by molar-refractivity contribution is -0.124. The molecule has 1 unspecified atom stereocenters. The number of hydrogen-bond acceptors (Lipinski definition) is 2. The molecule has 64 valence electrons. The number of hydrogen-bond donors (Lipinski definition) is 2. The van der Waals surface area contributed by atoms with Gasteiger partial charge in [-0.25, -0.2) is 0 Å². The Morgan fingerprint density at radius 2 is 2.45 bits per heavy atom. The van der Waals surface area contributed by atoms with Gasteiger partial charge in [0.15, 0.2) is 0 Å². The summed E-state index contributed by atoms with van der Waals surface area (Å²) in [6, 6.07) is 0. The van der Waals surface area contributed by atoms with E-state index in [9.17, 15) is 4.79 Å². The number of rotatable bonds is 2. The molecule has 3 nitrogen and oxygen atoms in total. The Labute approximate surface area is 67.3 Å². The summed E-state index contributed by atoms with van der Waals surface area (Å²) in [5.74, 6) is 0.169. The minimum absolute atomic E-state index is 0.169. The van der Waals surface area contributed by atoms with E-state index in [2.05, 4.69) is 12.2 Å². The quantitative estimate of drug-likeness (QED) is 0.602. The topological polar surface area (TPSA) is 55.1 Å². The standard InChI is InChI=1S/C8H16N2O/c1-2-8(5-9)4-3-7(11)10-6-8/h2-6,9H2,1H3,(H,10,11). The van der Waals surface area contributed by atoms with Gasteiger partial charge >= 0.3 is 0 Å². The first-order chi connectivity index (χ1) is 5.22. The van der Waals surface area contributed by atoms with Gasteiger partial charge in [0.1, 0.15) is 0 Å². The van der Waals surface area contributed by atoms with Crippen LogP contribution in [0.25, 0.3) is 0 Å². The molecule has 0 aromatic heterocycles. The molecule has 0 saturated carbocycles. The van der Waals surface area contributed by atoms with Crippen molar-refractivity contribution < 1.29 is 4.79 Å². The Hall–Kier alpha value is -0.570. The monoisotopic (exact) mass is 156 g/mol. The molecule has 1 atom stereocenters. The highest BCUT2D eigenvalue weighted by atomic mass is 16.1. The Morgan fingerprint density at radius 1 is 1.73 bits per heavy atom. The van der Waals surface area contributed by atoms with Gasteiger partial charge in [-0.1, -0.05) is 6.92 Å². The van der Waals surface area contributed by atoms with Crippen LogP contribution < -0.4 is 11.1 Å². The summed E-state index contributed by atoms with van der Waals surface area (Å²) >= 11 is 0. The average molecular weight is 156 g/mol. The van der Waals surface area contributed by atoms with Crippen LogP contribution in [0.5, 0.6) is 0 Å². The van der Waals surface area contributed by atoms with E-state index in [4.69, 9.17) is 5.73 Å². The van der Waals surface area contributed by atoms with Crippen molar-refractivity contribution in [1.29, 1.82) is 0 Å². The molecule has 1 saturated heterocycles. The van der Waals surface area contributed by atoms with Gasteiger partial charge < -0.3 is 11.1 Å². The first-order valence-electron chi connectivity index (χ1n) is 4.19. The van der Waals surface area contributed by atoms with Crippen LogP contribution in [-0.2, 0) is 4.79 Å². The van der Waals surface area contributed by atoms with Gasteiger partial charge in [0.05, 0.1) is 0 Å². The molecular formula is C8H16N2O. The van der Waals surface area contributed by atoms with Crippen molar-refractivity contribution in [2.45, 2.75) is 26.2 Å². The molecule has 1 amide bonds. The number of nitrogens with two attached hydrogens (primary N) is 1. The molecule has 3 heteroatoms. The van der Waals surface area contributed by atoms with Gasteiger partial charge in [0, 0.05) is 18.4 Å². The molecule has 0 radical (unpaired) electrons. The van der Waals surface area contributed by atoms with E-state index in [-0.39, 0.29) is 11.3 Å². The Morgan fingerprint density at radius 3 is 2.82 bits per heavy atom. The van der Waals surface area contributed by atoms with Crippen molar-refractivity contribution in [2.24, 2.45) is 11.1 Å². The third-order valence-corrected chi connectivity index (χ3v) is 2.73. The fourth-order valence-electron chi connectivity index (χ4n) is 1.46. The highest BCUT2D eigenvalue weighted by Gasteiger charge is 2.31.